The van der Waals surface area contributed by atoms with Crippen molar-refractivity contribution in [3.63, 3.8) is 0 Å². The predicted octanol–water partition coefficient (Wildman–Crippen LogP) is 10.7. The number of rotatable bonds is 3. The molecule has 0 bridgehead atoms. The average Bonchev–Trinajstić information content (AvgIpc) is 3.34. The number of hydrogen-bond acceptors (Lipinski definition) is 0. The van der Waals surface area contributed by atoms with Gasteiger partial charge in [-0.25, -0.2) is 0 Å². The van der Waals surface area contributed by atoms with Crippen LogP contribution in [0.3, 0.4) is 0 Å². The fourth-order valence-electron chi connectivity index (χ4n) is 6.79. The molecule has 1 aliphatic carbocycles. The molecule has 0 saturated heterocycles. The van der Waals surface area contributed by atoms with Crippen molar-refractivity contribution in [3.8, 4) is 16.8 Å². The van der Waals surface area contributed by atoms with Gasteiger partial charge in [-0.3, -0.25) is 0 Å². The van der Waals surface area contributed by atoms with Gasteiger partial charge in [-0.05, 0) is 80.4 Å². The van der Waals surface area contributed by atoms with Crippen LogP contribution < -0.4 is 0 Å². The third-order valence-corrected chi connectivity index (χ3v) is 8.53. The van der Waals surface area contributed by atoms with Crippen molar-refractivity contribution >= 4 is 48.9 Å². The highest BCUT2D eigenvalue weighted by atomic mass is 15.0. The molecule has 8 rings (SSSR count). The van der Waals surface area contributed by atoms with E-state index in [0.29, 0.717) is 5.92 Å². The average molecular weight is 512 g/mol. The van der Waals surface area contributed by atoms with Crippen LogP contribution >= 0.6 is 0 Å². The molecular weight excluding hydrogens is 482 g/mol. The van der Waals surface area contributed by atoms with Gasteiger partial charge >= 0.3 is 0 Å². The van der Waals surface area contributed by atoms with Crippen LogP contribution in [0.4, 0.5) is 0 Å². The molecule has 190 valence electrons. The molecule has 1 aromatic heterocycles. The first-order valence-corrected chi connectivity index (χ1v) is 14.2. The Morgan fingerprint density at radius 2 is 1.00 bits per heavy atom. The van der Waals surface area contributed by atoms with E-state index in [2.05, 4.69) is 151 Å². The zero-order chi connectivity index (χ0) is 26.6. The molecule has 0 N–H and O–H groups in total. The summed E-state index contributed by atoms with van der Waals surface area (Å²) in [6, 6.07) is 44.5. The van der Waals surface area contributed by atoms with Crippen molar-refractivity contribution in [2.45, 2.75) is 13.3 Å². The predicted molar refractivity (Wildman–Crippen MR) is 172 cm³/mol. The quantitative estimate of drug-likeness (QED) is 0.208. The van der Waals surface area contributed by atoms with Gasteiger partial charge in [-0.1, -0.05) is 122 Å². The van der Waals surface area contributed by atoms with Gasteiger partial charge in [0.05, 0.1) is 11.0 Å². The van der Waals surface area contributed by atoms with Gasteiger partial charge in [-0.2, -0.15) is 0 Å². The van der Waals surface area contributed by atoms with Gasteiger partial charge in [0.15, 0.2) is 0 Å². The molecule has 0 saturated carbocycles. The van der Waals surface area contributed by atoms with Crippen molar-refractivity contribution in [2.75, 3.05) is 0 Å². The number of para-hydroxylation sites is 2. The standard InChI is InChI=1S/C39H29N/c1-26-11-10-12-28(25-26)39-34-17-4-2-15-32(34)38(33-16-3-5-18-35(33)39)27-21-23-29(24-22-27)40-36-19-8-6-13-30(36)31-14-7-9-20-37(31)40/h2-24,26H,25H2,1H3. The summed E-state index contributed by atoms with van der Waals surface area (Å²) in [7, 11) is 0. The van der Waals surface area contributed by atoms with E-state index >= 15 is 0 Å². The first kappa shape index (κ1) is 23.0. The van der Waals surface area contributed by atoms with Gasteiger partial charge in [0.2, 0.25) is 0 Å². The first-order valence-electron chi connectivity index (χ1n) is 14.2. The van der Waals surface area contributed by atoms with Crippen LogP contribution in [0, 0.1) is 5.92 Å². The number of fused-ring (bicyclic) bond motifs is 5. The lowest BCUT2D eigenvalue weighted by Gasteiger charge is -2.22. The topological polar surface area (TPSA) is 4.93 Å². The zero-order valence-electron chi connectivity index (χ0n) is 22.5. The van der Waals surface area contributed by atoms with E-state index in [1.807, 2.05) is 0 Å². The van der Waals surface area contributed by atoms with E-state index in [1.54, 1.807) is 0 Å². The second-order valence-electron chi connectivity index (χ2n) is 11.0. The number of nitrogens with zero attached hydrogens (tertiary/aromatic N) is 1. The second kappa shape index (κ2) is 9.10. The molecule has 1 nitrogen and oxygen atoms in total. The fraction of sp³-hybridized carbons (Fsp3) is 0.0769. The molecule has 0 radical (unpaired) electrons. The van der Waals surface area contributed by atoms with E-state index in [0.717, 1.165) is 6.42 Å². The second-order valence-corrected chi connectivity index (χ2v) is 11.0. The third-order valence-electron chi connectivity index (χ3n) is 8.53. The first-order chi connectivity index (χ1) is 19.8. The molecule has 1 unspecified atom stereocenters. The number of benzene rings is 6. The highest BCUT2D eigenvalue weighted by molar-refractivity contribution is 6.19. The maximum Gasteiger partial charge on any atom is 0.0541 e. The Balaban J connectivity index is 1.36. The van der Waals surface area contributed by atoms with Crippen molar-refractivity contribution < 1.29 is 0 Å². The van der Waals surface area contributed by atoms with Crippen molar-refractivity contribution in [3.05, 3.63) is 145 Å². The van der Waals surface area contributed by atoms with Crippen LogP contribution in [-0.2, 0) is 0 Å². The summed E-state index contributed by atoms with van der Waals surface area (Å²) in [6.45, 7) is 2.31. The van der Waals surface area contributed by atoms with Crippen molar-refractivity contribution in [2.24, 2.45) is 5.92 Å². The van der Waals surface area contributed by atoms with Crippen LogP contribution in [0.25, 0.3) is 65.7 Å². The van der Waals surface area contributed by atoms with Crippen molar-refractivity contribution in [1.82, 2.24) is 4.57 Å². The van der Waals surface area contributed by atoms with Gasteiger partial charge in [0.25, 0.3) is 0 Å². The zero-order valence-corrected chi connectivity index (χ0v) is 22.5. The van der Waals surface area contributed by atoms with Crippen LogP contribution in [0.2, 0.25) is 0 Å². The molecule has 1 heterocycles. The normalized spacial score (nSPS) is 15.3. The smallest absolute Gasteiger partial charge is 0.0541 e. The summed E-state index contributed by atoms with van der Waals surface area (Å²) >= 11 is 0. The maximum atomic E-state index is 2.39. The highest BCUT2D eigenvalue weighted by Gasteiger charge is 2.19. The Bertz CT molecular complexity index is 2030. The SMILES string of the molecule is CC1C=CC=C(c2c3ccccc3c(-c3ccc(-n4c5ccccc5c5ccccc54)cc3)c3ccccc23)C1. The van der Waals surface area contributed by atoms with Gasteiger partial charge in [0, 0.05) is 16.5 Å². The van der Waals surface area contributed by atoms with Crippen LogP contribution in [0.1, 0.15) is 18.9 Å². The minimum Gasteiger partial charge on any atom is -0.309 e. The van der Waals surface area contributed by atoms with Gasteiger partial charge < -0.3 is 4.57 Å². The summed E-state index contributed by atoms with van der Waals surface area (Å²) in [5.74, 6) is 0.547. The summed E-state index contributed by atoms with van der Waals surface area (Å²) in [6.07, 6.45) is 7.92. The molecule has 0 spiro atoms. The van der Waals surface area contributed by atoms with E-state index in [-0.39, 0.29) is 0 Å². The molecular formula is C39H29N. The summed E-state index contributed by atoms with van der Waals surface area (Å²) in [4.78, 5) is 0. The van der Waals surface area contributed by atoms with Crippen LogP contribution in [0.5, 0.6) is 0 Å². The molecule has 1 atom stereocenters. The van der Waals surface area contributed by atoms with Gasteiger partial charge in [0.1, 0.15) is 0 Å². The Labute approximate surface area is 234 Å². The molecule has 40 heavy (non-hydrogen) atoms. The van der Waals surface area contributed by atoms with Crippen LogP contribution in [0.15, 0.2) is 140 Å². The van der Waals surface area contributed by atoms with Gasteiger partial charge in [-0.15, -0.1) is 0 Å². The fourth-order valence-corrected chi connectivity index (χ4v) is 6.79. The van der Waals surface area contributed by atoms with E-state index in [4.69, 9.17) is 0 Å². The van der Waals surface area contributed by atoms with Crippen LogP contribution in [-0.4, -0.2) is 4.57 Å². The lowest BCUT2D eigenvalue weighted by atomic mass is 9.82. The monoisotopic (exact) mass is 511 g/mol. The number of aromatic nitrogens is 1. The third kappa shape index (κ3) is 3.48. The Kier molecular flexibility index (Phi) is 5.24. The molecule has 0 fully saturated rings. The summed E-state index contributed by atoms with van der Waals surface area (Å²) in [5.41, 5.74) is 9.02. The number of allylic oxidation sites excluding steroid dienone is 4. The minimum atomic E-state index is 0.547. The van der Waals surface area contributed by atoms with E-state index < -0.39 is 0 Å². The van der Waals surface area contributed by atoms with Crippen molar-refractivity contribution in [1.29, 1.82) is 0 Å². The molecule has 6 aromatic carbocycles. The van der Waals surface area contributed by atoms with E-state index in [9.17, 15) is 0 Å². The van der Waals surface area contributed by atoms with E-state index in [1.165, 1.54) is 71.3 Å². The minimum absolute atomic E-state index is 0.547. The lowest BCUT2D eigenvalue weighted by Crippen LogP contribution is -2.00. The highest BCUT2D eigenvalue weighted by Crippen LogP contribution is 2.44. The summed E-state index contributed by atoms with van der Waals surface area (Å²) in [5, 5.41) is 7.85. The largest absolute Gasteiger partial charge is 0.309 e. The maximum absolute atomic E-state index is 2.39. The molecule has 1 heteroatoms. The molecule has 7 aromatic rings. The Morgan fingerprint density at radius 3 is 1.52 bits per heavy atom. The Hall–Kier alpha value is -4.88. The number of hydrogen-bond donors (Lipinski definition) is 0. The molecule has 0 amide bonds. The Morgan fingerprint density at radius 1 is 0.525 bits per heavy atom. The molecule has 1 aliphatic rings. The summed E-state index contributed by atoms with van der Waals surface area (Å²) < 4.78 is 2.39. The molecule has 0 aliphatic heterocycles. The lowest BCUT2D eigenvalue weighted by molar-refractivity contribution is 0.750.